The Labute approximate surface area is 592 Å². The number of anilines is 2. The number of fused-ring (bicyclic) bond motifs is 4. The van der Waals surface area contributed by atoms with Crippen molar-refractivity contribution in [2.75, 3.05) is 10.6 Å². The number of nitrogens with one attached hydrogen (secondary N) is 9. The maximum absolute atomic E-state index is 13.2. The molecule has 22 nitrogen and oxygen atoms in total. The maximum Gasteiger partial charge on any atom is 0.396 e. The summed E-state index contributed by atoms with van der Waals surface area (Å²) in [6.45, 7) is 5.84. The van der Waals surface area contributed by atoms with Crippen LogP contribution in [0.2, 0.25) is 0 Å². The van der Waals surface area contributed by atoms with E-state index in [1.807, 2.05) is 91.9 Å². The first-order valence-electron chi connectivity index (χ1n) is 33.0. The van der Waals surface area contributed by atoms with Crippen LogP contribution in [0, 0.1) is 23.4 Å². The van der Waals surface area contributed by atoms with Gasteiger partial charge < -0.3 is 16.4 Å². The average molecular weight is 1410 g/mol. The second kappa shape index (κ2) is 29.9. The normalized spacial score (nSPS) is 12.0. The minimum Gasteiger partial charge on any atom is -0.366 e. The molecular weight excluding hydrogens is 1350 g/mol. The van der Waals surface area contributed by atoms with Crippen molar-refractivity contribution in [2.24, 2.45) is 11.7 Å². The molecule has 105 heavy (non-hydrogen) atoms. The Bertz CT molecular complexity index is 5770. The van der Waals surface area contributed by atoms with Crippen LogP contribution in [0.3, 0.4) is 0 Å². The van der Waals surface area contributed by atoms with Gasteiger partial charge in [-0.05, 0) is 189 Å². The zero-order valence-electron chi connectivity index (χ0n) is 55.7. The Morgan fingerprint density at radius 1 is 0.448 bits per heavy atom. The van der Waals surface area contributed by atoms with Crippen LogP contribution in [-0.2, 0) is 19.3 Å². The number of allylic oxidation sites excluding steroid dienone is 1. The minimum absolute atomic E-state index is 0.164. The molecule has 0 saturated heterocycles. The molecule has 524 valence electrons. The van der Waals surface area contributed by atoms with Crippen molar-refractivity contribution >= 4 is 66.9 Å². The SMILES string of the molecule is C=C(C)Cc1nc(-c2ccc3[nH]nc(-c4ccc(F)cc4)c3c2)n[nH]1.Fc1ccc(-c2n[nH]c3ccc(-c4n[nH]c(CC(F)(F)F)n4)cc23)cc1.Fc1ccc(-c2n[nH]c3ccc(-c4n[nH]c(CCC5CC5)n4)cc23)cc1.NC(=O)c1ccc2[nH]nc(-c3cccc(NC(=O)Nc4ccccc4)c3)c2c1. The largest absolute Gasteiger partial charge is 0.396 e. The summed E-state index contributed by atoms with van der Waals surface area (Å²) >= 11 is 0. The Morgan fingerprint density at radius 3 is 1.30 bits per heavy atom. The second-order valence-electron chi connectivity index (χ2n) is 25.0. The van der Waals surface area contributed by atoms with Crippen LogP contribution in [0.5, 0.6) is 0 Å². The summed E-state index contributed by atoms with van der Waals surface area (Å²) in [6, 6.07) is 56.9. The third kappa shape index (κ3) is 16.6. The van der Waals surface area contributed by atoms with E-state index in [-0.39, 0.29) is 35.1 Å². The number of hydrogen-bond donors (Lipinski definition) is 10. The van der Waals surface area contributed by atoms with Gasteiger partial charge in [-0.1, -0.05) is 55.3 Å². The van der Waals surface area contributed by atoms with E-state index in [9.17, 15) is 35.9 Å². The molecule has 7 aromatic heterocycles. The van der Waals surface area contributed by atoms with Crippen molar-refractivity contribution < 1.29 is 35.9 Å². The summed E-state index contributed by atoms with van der Waals surface area (Å²) < 4.78 is 76.9. The molecule has 17 rings (SSSR count). The summed E-state index contributed by atoms with van der Waals surface area (Å²) in [5.41, 5.74) is 19.9. The zero-order valence-corrected chi connectivity index (χ0v) is 55.7. The Morgan fingerprint density at radius 2 is 0.848 bits per heavy atom. The van der Waals surface area contributed by atoms with E-state index in [1.165, 1.54) is 55.7 Å². The lowest BCUT2D eigenvalue weighted by molar-refractivity contribution is -0.128. The van der Waals surface area contributed by atoms with E-state index in [4.69, 9.17) is 5.73 Å². The van der Waals surface area contributed by atoms with Gasteiger partial charge in [0.1, 0.15) is 41.3 Å². The third-order valence-electron chi connectivity index (χ3n) is 17.0. The first kappa shape index (κ1) is 68.5. The summed E-state index contributed by atoms with van der Waals surface area (Å²) in [7, 11) is 0. The highest BCUT2D eigenvalue weighted by molar-refractivity contribution is 6.03. The van der Waals surface area contributed by atoms with Crippen LogP contribution in [-0.4, -0.2) is 104 Å². The highest BCUT2D eigenvalue weighted by atomic mass is 19.4. The van der Waals surface area contributed by atoms with Crippen molar-refractivity contribution in [3.8, 4) is 79.2 Å². The fourth-order valence-electron chi connectivity index (χ4n) is 11.7. The van der Waals surface area contributed by atoms with Crippen LogP contribution in [0.4, 0.5) is 42.5 Å². The monoisotopic (exact) mass is 1410 g/mol. The number of rotatable bonds is 16. The van der Waals surface area contributed by atoms with Gasteiger partial charge in [-0.15, -0.1) is 0 Å². The Kier molecular flexibility index (Phi) is 19.5. The minimum atomic E-state index is -4.36. The molecule has 0 bridgehead atoms. The molecule has 7 heterocycles. The number of aryl methyl sites for hydroxylation is 1. The third-order valence-corrected chi connectivity index (χ3v) is 17.0. The van der Waals surface area contributed by atoms with E-state index in [2.05, 4.69) is 104 Å². The summed E-state index contributed by atoms with van der Waals surface area (Å²) in [4.78, 5) is 36.8. The molecular formula is C77H62F6N20O2. The smallest absolute Gasteiger partial charge is 0.366 e. The number of benzene rings is 9. The number of carbonyl (C=O) groups is 2. The van der Waals surface area contributed by atoms with Gasteiger partial charge in [-0.3, -0.25) is 40.5 Å². The van der Waals surface area contributed by atoms with Crippen LogP contribution < -0.4 is 16.4 Å². The van der Waals surface area contributed by atoms with E-state index in [1.54, 1.807) is 78.9 Å². The quantitative estimate of drug-likeness (QED) is 0.0319. The van der Waals surface area contributed by atoms with Gasteiger partial charge in [-0.2, -0.15) is 48.9 Å². The van der Waals surface area contributed by atoms with Gasteiger partial charge in [-0.25, -0.2) is 32.9 Å². The molecule has 9 aromatic carbocycles. The van der Waals surface area contributed by atoms with Gasteiger partial charge in [0.05, 0.1) is 44.8 Å². The highest BCUT2D eigenvalue weighted by Gasteiger charge is 2.30. The van der Waals surface area contributed by atoms with Crippen molar-refractivity contribution in [2.45, 2.75) is 51.6 Å². The number of carbonyl (C=O) groups excluding carboxylic acids is 2. The number of aromatic nitrogens is 17. The van der Waals surface area contributed by atoms with E-state index >= 15 is 0 Å². The Hall–Kier alpha value is -13.7. The molecule has 0 aliphatic heterocycles. The molecule has 1 aliphatic carbocycles. The van der Waals surface area contributed by atoms with Crippen LogP contribution >= 0.6 is 0 Å². The fourth-order valence-corrected chi connectivity index (χ4v) is 11.7. The number of halogens is 6. The molecule has 0 radical (unpaired) electrons. The first-order valence-corrected chi connectivity index (χ1v) is 33.0. The highest BCUT2D eigenvalue weighted by Crippen LogP contribution is 2.36. The summed E-state index contributed by atoms with van der Waals surface area (Å²) in [6.07, 6.45) is -0.0250. The molecule has 28 heteroatoms. The number of hydrogen-bond acceptors (Lipinski definition) is 12. The molecule has 0 unspecified atom stereocenters. The second-order valence-corrected chi connectivity index (χ2v) is 25.0. The summed E-state index contributed by atoms with van der Waals surface area (Å²) in [5, 5.41) is 59.0. The molecule has 1 aliphatic rings. The number of H-pyrrole nitrogens is 7. The predicted octanol–water partition coefficient (Wildman–Crippen LogP) is 17.0. The number of alkyl halides is 3. The molecule has 11 N–H and O–H groups in total. The van der Waals surface area contributed by atoms with Crippen molar-refractivity contribution in [1.82, 2.24) is 86.3 Å². The lowest BCUT2D eigenvalue weighted by atomic mass is 10.0. The first-order chi connectivity index (χ1) is 50.8. The van der Waals surface area contributed by atoms with Crippen molar-refractivity contribution in [3.63, 3.8) is 0 Å². The van der Waals surface area contributed by atoms with E-state index in [0.717, 1.165) is 112 Å². The molecule has 1 fully saturated rings. The van der Waals surface area contributed by atoms with Gasteiger partial charge in [0.15, 0.2) is 17.5 Å². The molecule has 0 atom stereocenters. The predicted molar refractivity (Wildman–Crippen MR) is 389 cm³/mol. The standard InChI is InChI=1S/C21H17N5O2.C20H18FN5.C19H16FN5.C17H11F4N5/c22-20(27)14-9-10-18-17(12-14)19(26-25-18)13-5-4-8-16(11-13)24-21(28)23-15-6-2-1-3-7-15;21-15-7-4-13(5-8-15)19-16-11-14(6-9-17(16)23-25-19)20-22-18(24-26-20)10-3-12-1-2-12;1-11(2)9-17-21-19(25-23-17)13-5-8-16-15(10-13)18(24-22-16)12-3-6-14(20)7-4-12;18-11-4-1-9(2-5-11)15-12-7-10(3-6-13(12)23-25-15)16-22-14(24-26-16)8-17(19,20)21/h1-12H,(H2,22,27)(H,25,26)(H2,23,24,28);4-9,11-12H,1-3,10H2,(H,23,25)(H,22,24,26);3-8,10H,1,9H2,2H3,(H,22,24)(H,21,23,25);1-7H,8H2,(H,23,25)(H,22,24,26). The number of nitrogens with two attached hydrogens (primary N) is 1. The molecule has 0 spiro atoms. The van der Waals surface area contributed by atoms with Crippen molar-refractivity contribution in [1.29, 1.82) is 0 Å². The lowest BCUT2D eigenvalue weighted by Crippen LogP contribution is -2.19. The van der Waals surface area contributed by atoms with Gasteiger partial charge >= 0.3 is 12.2 Å². The number of nitrogens with zero attached hydrogens (tertiary/aromatic N) is 10. The number of primary amides is 1. The van der Waals surface area contributed by atoms with E-state index < -0.39 is 18.5 Å². The molecule has 3 amide bonds. The zero-order chi connectivity index (χ0) is 72.7. The number of aromatic amines is 7. The average Bonchev–Trinajstić information content (AvgIpc) is 1.67. The molecule has 16 aromatic rings. The topological polar surface area (TPSA) is 324 Å². The van der Waals surface area contributed by atoms with Gasteiger partial charge in [0.2, 0.25) is 5.91 Å². The van der Waals surface area contributed by atoms with Crippen LogP contribution in [0.25, 0.3) is 123 Å². The number of para-hydroxylation sites is 1. The number of amides is 3. The fraction of sp³-hybridized carbons (Fsp3) is 0.117. The van der Waals surface area contributed by atoms with Gasteiger partial charge in [0, 0.05) is 90.3 Å². The Balaban J connectivity index is 0.000000118. The van der Waals surface area contributed by atoms with Gasteiger partial charge in [0.25, 0.3) is 0 Å². The van der Waals surface area contributed by atoms with Crippen LogP contribution in [0.15, 0.2) is 212 Å². The lowest BCUT2D eigenvalue weighted by Gasteiger charge is -2.08. The summed E-state index contributed by atoms with van der Waals surface area (Å²) in [5.74, 6) is 2.47. The van der Waals surface area contributed by atoms with E-state index in [0.29, 0.717) is 57.5 Å². The van der Waals surface area contributed by atoms with Crippen molar-refractivity contribution in [3.05, 3.63) is 253 Å². The van der Waals surface area contributed by atoms with Crippen LogP contribution in [0.1, 0.15) is 54.0 Å². The maximum atomic E-state index is 13.2. The number of urea groups is 1. The molecule has 1 saturated carbocycles.